The van der Waals surface area contributed by atoms with E-state index in [4.69, 9.17) is 10.5 Å². The van der Waals surface area contributed by atoms with Crippen molar-refractivity contribution in [2.24, 2.45) is 0 Å². The van der Waals surface area contributed by atoms with Crippen LogP contribution in [0.3, 0.4) is 0 Å². The molecule has 18 heavy (non-hydrogen) atoms. The van der Waals surface area contributed by atoms with Gasteiger partial charge < -0.3 is 0 Å². The molecule has 0 atom stereocenters. The number of nitrogens with zero attached hydrogens (tertiary/aromatic N) is 2. The van der Waals surface area contributed by atoms with Crippen LogP contribution < -0.4 is 0 Å². The highest BCUT2D eigenvalue weighted by molar-refractivity contribution is 5.72. The van der Waals surface area contributed by atoms with Crippen LogP contribution in [0, 0.1) is 22.7 Å². The van der Waals surface area contributed by atoms with Gasteiger partial charge >= 0.3 is 11.9 Å². The van der Waals surface area contributed by atoms with Crippen LogP contribution in [0.5, 0.6) is 0 Å². The number of carbonyl (C=O) groups is 2. The third-order valence-corrected chi connectivity index (χ3v) is 2.07. The molecule has 0 saturated carbocycles. The highest BCUT2D eigenvalue weighted by Gasteiger charge is 2.09. The Morgan fingerprint density at radius 1 is 0.778 bits per heavy atom. The Bertz CT molecular complexity index is 307. The molecule has 6 nitrogen and oxygen atoms in total. The van der Waals surface area contributed by atoms with Crippen molar-refractivity contribution in [2.45, 2.75) is 51.4 Å². The van der Waals surface area contributed by atoms with Crippen LogP contribution >= 0.6 is 0 Å². The van der Waals surface area contributed by atoms with Gasteiger partial charge in [0.15, 0.2) is 0 Å². The molecular weight excluding hydrogens is 236 g/mol. The summed E-state index contributed by atoms with van der Waals surface area (Å²) in [6.07, 6.45) is 3.35. The molecule has 0 aliphatic rings. The van der Waals surface area contributed by atoms with Gasteiger partial charge in [-0.15, -0.1) is 0 Å². The molecule has 0 aliphatic heterocycles. The molecule has 6 heteroatoms. The van der Waals surface area contributed by atoms with E-state index in [9.17, 15) is 9.59 Å². The molecule has 0 N–H and O–H groups in total. The Labute approximate surface area is 106 Å². The summed E-state index contributed by atoms with van der Waals surface area (Å²) in [6.45, 7) is 0. The zero-order valence-corrected chi connectivity index (χ0v) is 10.2. The van der Waals surface area contributed by atoms with Gasteiger partial charge in [-0.1, -0.05) is 0 Å². The molecule has 0 unspecified atom stereocenters. The van der Waals surface area contributed by atoms with Crippen molar-refractivity contribution in [2.75, 3.05) is 0 Å². The molecule has 0 bridgehead atoms. The van der Waals surface area contributed by atoms with Crippen molar-refractivity contribution in [3.05, 3.63) is 0 Å². The first kappa shape index (κ1) is 15.9. The lowest BCUT2D eigenvalue weighted by atomic mass is 10.2. The zero-order chi connectivity index (χ0) is 13.6. The maximum Gasteiger partial charge on any atom is 0.355 e. The highest BCUT2D eigenvalue weighted by atomic mass is 17.2. The minimum absolute atomic E-state index is 0.128. The summed E-state index contributed by atoms with van der Waals surface area (Å²) in [4.78, 5) is 30.7. The summed E-state index contributed by atoms with van der Waals surface area (Å²) in [7, 11) is 0. The van der Waals surface area contributed by atoms with Crippen LogP contribution in [0.2, 0.25) is 0 Å². The Morgan fingerprint density at radius 3 is 1.50 bits per heavy atom. The normalized spacial score (nSPS) is 9.00. The first-order valence-electron chi connectivity index (χ1n) is 5.84. The van der Waals surface area contributed by atoms with E-state index < -0.39 is 11.9 Å². The van der Waals surface area contributed by atoms with Crippen molar-refractivity contribution in [3.8, 4) is 12.1 Å². The Kier molecular flexibility index (Phi) is 10.1. The van der Waals surface area contributed by atoms with E-state index in [1.54, 1.807) is 0 Å². The fourth-order valence-electron chi connectivity index (χ4n) is 1.12. The molecule has 0 aliphatic carbocycles. The number of rotatable bonds is 8. The maximum atomic E-state index is 11.1. The smallest absolute Gasteiger partial charge is 0.247 e. The van der Waals surface area contributed by atoms with Gasteiger partial charge in [-0.2, -0.15) is 10.5 Å². The quantitative estimate of drug-likeness (QED) is 0.372. The van der Waals surface area contributed by atoms with Crippen LogP contribution in [-0.4, -0.2) is 11.9 Å². The lowest BCUT2D eigenvalue weighted by molar-refractivity contribution is -0.259. The average Bonchev–Trinajstić information content (AvgIpc) is 2.37. The van der Waals surface area contributed by atoms with E-state index in [1.165, 1.54) is 0 Å². The number of carbonyl (C=O) groups excluding carboxylic acids is 2. The fraction of sp³-hybridized carbons (Fsp3) is 0.667. The average molecular weight is 252 g/mol. The van der Waals surface area contributed by atoms with Crippen LogP contribution in [0.15, 0.2) is 0 Å². The second kappa shape index (κ2) is 11.4. The SMILES string of the molecule is N#CCCCCC(=O)OOC(=O)CCCCC#N. The summed E-state index contributed by atoms with van der Waals surface area (Å²) >= 11 is 0. The molecule has 98 valence electrons. The molecule has 0 aromatic carbocycles. The van der Waals surface area contributed by atoms with Gasteiger partial charge in [-0.05, 0) is 25.7 Å². The Balaban J connectivity index is 3.45. The third kappa shape index (κ3) is 10.4. The van der Waals surface area contributed by atoms with E-state index in [0.717, 1.165) is 0 Å². The van der Waals surface area contributed by atoms with E-state index >= 15 is 0 Å². The molecular formula is C12H16N2O4. The summed E-state index contributed by atoms with van der Waals surface area (Å²) < 4.78 is 0. The topological polar surface area (TPSA) is 100 Å². The van der Waals surface area contributed by atoms with Crippen molar-refractivity contribution in [3.63, 3.8) is 0 Å². The Hall–Kier alpha value is -2.08. The van der Waals surface area contributed by atoms with Crippen molar-refractivity contribution < 1.29 is 19.4 Å². The van der Waals surface area contributed by atoms with Gasteiger partial charge in [0.2, 0.25) is 0 Å². The van der Waals surface area contributed by atoms with Gasteiger partial charge in [0.25, 0.3) is 0 Å². The second-order valence-corrected chi connectivity index (χ2v) is 3.64. The van der Waals surface area contributed by atoms with Crippen LogP contribution in [0.1, 0.15) is 51.4 Å². The molecule has 0 heterocycles. The van der Waals surface area contributed by atoms with E-state index in [-0.39, 0.29) is 12.8 Å². The third-order valence-electron chi connectivity index (χ3n) is 2.07. The van der Waals surface area contributed by atoms with E-state index in [0.29, 0.717) is 38.5 Å². The first-order valence-corrected chi connectivity index (χ1v) is 5.84. The fourth-order valence-corrected chi connectivity index (χ4v) is 1.12. The monoisotopic (exact) mass is 252 g/mol. The van der Waals surface area contributed by atoms with E-state index in [2.05, 4.69) is 9.78 Å². The summed E-state index contributed by atoms with van der Waals surface area (Å²) in [6, 6.07) is 3.93. The predicted octanol–water partition coefficient (Wildman–Crippen LogP) is 2.16. The minimum Gasteiger partial charge on any atom is -0.247 e. The van der Waals surface area contributed by atoms with E-state index in [1.807, 2.05) is 12.1 Å². The molecule has 0 spiro atoms. The van der Waals surface area contributed by atoms with Crippen LogP contribution in [0.25, 0.3) is 0 Å². The van der Waals surface area contributed by atoms with Crippen molar-refractivity contribution >= 4 is 11.9 Å². The summed E-state index contributed by atoms with van der Waals surface area (Å²) in [5.74, 6) is -1.23. The molecule has 0 radical (unpaired) electrons. The number of hydrogen-bond donors (Lipinski definition) is 0. The number of unbranched alkanes of at least 4 members (excludes halogenated alkanes) is 4. The van der Waals surface area contributed by atoms with Crippen LogP contribution in [-0.2, 0) is 19.4 Å². The molecule has 0 amide bonds. The Morgan fingerprint density at radius 2 is 1.17 bits per heavy atom. The standard InChI is InChI=1S/C12H16N2O4/c13-9-5-1-3-7-11(15)17-18-12(16)8-4-2-6-10-14/h1-8H2. The molecule has 0 fully saturated rings. The predicted molar refractivity (Wildman–Crippen MR) is 60.3 cm³/mol. The molecule has 0 saturated heterocycles. The molecule has 0 aromatic heterocycles. The molecule has 0 rings (SSSR count). The van der Waals surface area contributed by atoms with Crippen molar-refractivity contribution in [1.29, 1.82) is 10.5 Å². The van der Waals surface area contributed by atoms with Gasteiger partial charge in [0, 0.05) is 12.8 Å². The van der Waals surface area contributed by atoms with Gasteiger partial charge in [0.05, 0.1) is 25.0 Å². The minimum atomic E-state index is -0.613. The van der Waals surface area contributed by atoms with Gasteiger partial charge in [-0.3, -0.25) is 0 Å². The first-order chi connectivity index (χ1) is 8.70. The van der Waals surface area contributed by atoms with Crippen molar-refractivity contribution in [1.82, 2.24) is 0 Å². The summed E-state index contributed by atoms with van der Waals surface area (Å²) in [5.41, 5.74) is 0. The second-order valence-electron chi connectivity index (χ2n) is 3.64. The zero-order valence-electron chi connectivity index (χ0n) is 10.2. The van der Waals surface area contributed by atoms with Gasteiger partial charge in [-0.25, -0.2) is 19.4 Å². The molecule has 0 aromatic rings. The largest absolute Gasteiger partial charge is 0.355 e. The lowest BCUT2D eigenvalue weighted by Gasteiger charge is -2.02. The maximum absolute atomic E-state index is 11.1. The van der Waals surface area contributed by atoms with Crippen LogP contribution in [0.4, 0.5) is 0 Å². The highest BCUT2D eigenvalue weighted by Crippen LogP contribution is 2.03. The summed E-state index contributed by atoms with van der Waals surface area (Å²) in [5, 5.41) is 16.5. The number of nitriles is 2. The lowest BCUT2D eigenvalue weighted by Crippen LogP contribution is -2.10. The van der Waals surface area contributed by atoms with Gasteiger partial charge in [0.1, 0.15) is 0 Å². The number of hydrogen-bond acceptors (Lipinski definition) is 6.